The first kappa shape index (κ1) is 10.7. The molecule has 1 aromatic heterocycles. The summed E-state index contributed by atoms with van der Waals surface area (Å²) in [6.07, 6.45) is 0. The van der Waals surface area contributed by atoms with Crippen LogP contribution in [0.2, 0.25) is 0 Å². The standard InChI is InChI=1S/C9H15N3O2/c1-5-10-7(13)6-11-8(14-12-6)9(2,3)4/h5H2,1-4H3,(H,10,13). The fourth-order valence-corrected chi connectivity index (χ4v) is 0.860. The van der Waals surface area contributed by atoms with Crippen LogP contribution in [0, 0.1) is 0 Å². The molecule has 0 aromatic carbocycles. The van der Waals surface area contributed by atoms with E-state index < -0.39 is 0 Å². The summed E-state index contributed by atoms with van der Waals surface area (Å²) in [5.41, 5.74) is -0.224. The minimum atomic E-state index is -0.299. The first-order chi connectivity index (χ1) is 6.45. The van der Waals surface area contributed by atoms with Gasteiger partial charge in [-0.2, -0.15) is 4.98 Å². The molecule has 0 aliphatic rings. The van der Waals surface area contributed by atoms with Gasteiger partial charge >= 0.3 is 0 Å². The first-order valence-electron chi connectivity index (χ1n) is 4.57. The quantitative estimate of drug-likeness (QED) is 0.771. The number of hydrogen-bond donors (Lipinski definition) is 1. The summed E-state index contributed by atoms with van der Waals surface area (Å²) in [4.78, 5) is 15.3. The lowest BCUT2D eigenvalue weighted by Crippen LogP contribution is -2.24. The molecule has 0 atom stereocenters. The number of rotatable bonds is 2. The number of carbonyl (C=O) groups is 1. The molecule has 1 heterocycles. The van der Waals surface area contributed by atoms with Crippen molar-refractivity contribution >= 4 is 5.91 Å². The molecule has 14 heavy (non-hydrogen) atoms. The summed E-state index contributed by atoms with van der Waals surface area (Å²) in [5.74, 6) is 0.266. The maximum Gasteiger partial charge on any atom is 0.292 e. The van der Waals surface area contributed by atoms with E-state index in [0.717, 1.165) is 0 Å². The van der Waals surface area contributed by atoms with Crippen LogP contribution in [-0.4, -0.2) is 22.6 Å². The van der Waals surface area contributed by atoms with Crippen molar-refractivity contribution in [2.45, 2.75) is 33.1 Å². The highest BCUT2D eigenvalue weighted by Crippen LogP contribution is 2.19. The Bertz CT molecular complexity index is 325. The van der Waals surface area contributed by atoms with Crippen LogP contribution in [0.15, 0.2) is 4.52 Å². The zero-order chi connectivity index (χ0) is 10.8. The van der Waals surface area contributed by atoms with Crippen LogP contribution < -0.4 is 5.32 Å². The van der Waals surface area contributed by atoms with E-state index in [1.807, 2.05) is 27.7 Å². The van der Waals surface area contributed by atoms with Gasteiger partial charge in [0.25, 0.3) is 11.7 Å². The SMILES string of the molecule is CCNC(=O)c1noc(C(C)(C)C)n1. The highest BCUT2D eigenvalue weighted by Gasteiger charge is 2.23. The molecule has 0 fully saturated rings. The van der Waals surface area contributed by atoms with Gasteiger partial charge in [0, 0.05) is 12.0 Å². The molecule has 0 bridgehead atoms. The van der Waals surface area contributed by atoms with E-state index in [1.165, 1.54) is 0 Å². The number of amides is 1. The predicted molar refractivity (Wildman–Crippen MR) is 51.0 cm³/mol. The average molecular weight is 197 g/mol. The lowest BCUT2D eigenvalue weighted by atomic mass is 9.97. The van der Waals surface area contributed by atoms with Crippen LogP contribution in [0.3, 0.4) is 0 Å². The van der Waals surface area contributed by atoms with Crippen LogP contribution in [0.25, 0.3) is 0 Å². The van der Waals surface area contributed by atoms with E-state index >= 15 is 0 Å². The topological polar surface area (TPSA) is 68.0 Å². The molecule has 0 aliphatic carbocycles. The van der Waals surface area contributed by atoms with E-state index in [9.17, 15) is 4.79 Å². The van der Waals surface area contributed by atoms with Gasteiger partial charge in [0.05, 0.1) is 0 Å². The molecular formula is C9H15N3O2. The Balaban J connectivity index is 2.83. The Morgan fingerprint density at radius 1 is 1.50 bits per heavy atom. The first-order valence-corrected chi connectivity index (χ1v) is 4.57. The van der Waals surface area contributed by atoms with E-state index in [2.05, 4.69) is 15.5 Å². The Morgan fingerprint density at radius 3 is 2.57 bits per heavy atom. The molecule has 0 radical (unpaired) electrons. The monoisotopic (exact) mass is 197 g/mol. The third-order valence-electron chi connectivity index (χ3n) is 1.61. The molecule has 0 saturated carbocycles. The summed E-state index contributed by atoms with van der Waals surface area (Å²) < 4.78 is 4.97. The summed E-state index contributed by atoms with van der Waals surface area (Å²) >= 11 is 0. The van der Waals surface area contributed by atoms with Gasteiger partial charge in [-0.25, -0.2) is 0 Å². The lowest BCUT2D eigenvalue weighted by Gasteiger charge is -2.10. The Morgan fingerprint density at radius 2 is 2.14 bits per heavy atom. The second kappa shape index (κ2) is 3.77. The zero-order valence-electron chi connectivity index (χ0n) is 8.92. The minimum Gasteiger partial charge on any atom is -0.349 e. The molecule has 78 valence electrons. The Labute approximate surface area is 82.9 Å². The van der Waals surface area contributed by atoms with Crippen molar-refractivity contribution < 1.29 is 9.32 Å². The number of nitrogens with zero attached hydrogens (tertiary/aromatic N) is 2. The van der Waals surface area contributed by atoms with Crippen LogP contribution >= 0.6 is 0 Å². The van der Waals surface area contributed by atoms with Crippen molar-refractivity contribution in [3.05, 3.63) is 11.7 Å². The number of aromatic nitrogens is 2. The molecule has 1 aromatic rings. The highest BCUT2D eigenvalue weighted by molar-refractivity contribution is 5.90. The molecule has 1 rings (SSSR count). The molecule has 1 amide bonds. The van der Waals surface area contributed by atoms with Gasteiger partial charge in [-0.15, -0.1) is 0 Å². The molecule has 0 aliphatic heterocycles. The molecular weight excluding hydrogens is 182 g/mol. The van der Waals surface area contributed by atoms with Gasteiger partial charge < -0.3 is 9.84 Å². The van der Waals surface area contributed by atoms with Crippen molar-refractivity contribution in [2.24, 2.45) is 0 Å². The maximum absolute atomic E-state index is 11.3. The summed E-state index contributed by atoms with van der Waals surface area (Å²) in [7, 11) is 0. The summed E-state index contributed by atoms with van der Waals surface area (Å²) in [6.45, 7) is 8.23. The van der Waals surface area contributed by atoms with Gasteiger partial charge in [-0.05, 0) is 6.92 Å². The fraction of sp³-hybridized carbons (Fsp3) is 0.667. The van der Waals surface area contributed by atoms with Crippen LogP contribution in [0.4, 0.5) is 0 Å². The Kier molecular flexibility index (Phi) is 2.88. The van der Waals surface area contributed by atoms with Crippen molar-refractivity contribution in [1.82, 2.24) is 15.5 Å². The van der Waals surface area contributed by atoms with Gasteiger partial charge in [0.15, 0.2) is 0 Å². The molecule has 0 saturated heterocycles. The highest BCUT2D eigenvalue weighted by atomic mass is 16.5. The normalized spacial score (nSPS) is 11.4. The molecule has 5 nitrogen and oxygen atoms in total. The smallest absolute Gasteiger partial charge is 0.292 e. The molecule has 5 heteroatoms. The van der Waals surface area contributed by atoms with Gasteiger partial charge in [0.2, 0.25) is 5.89 Å². The van der Waals surface area contributed by atoms with Crippen LogP contribution in [-0.2, 0) is 5.41 Å². The Hall–Kier alpha value is -1.39. The van der Waals surface area contributed by atoms with Gasteiger partial charge in [0.1, 0.15) is 0 Å². The van der Waals surface area contributed by atoms with Gasteiger partial charge in [-0.1, -0.05) is 25.9 Å². The molecule has 0 spiro atoms. The van der Waals surface area contributed by atoms with Crippen molar-refractivity contribution in [1.29, 1.82) is 0 Å². The second-order valence-electron chi connectivity index (χ2n) is 4.03. The van der Waals surface area contributed by atoms with E-state index in [-0.39, 0.29) is 17.1 Å². The van der Waals surface area contributed by atoms with Crippen molar-refractivity contribution in [3.63, 3.8) is 0 Å². The predicted octanol–water partition coefficient (Wildman–Crippen LogP) is 1.12. The van der Waals surface area contributed by atoms with Crippen molar-refractivity contribution in [3.8, 4) is 0 Å². The second-order valence-corrected chi connectivity index (χ2v) is 4.03. The van der Waals surface area contributed by atoms with Crippen molar-refractivity contribution in [2.75, 3.05) is 6.54 Å². The maximum atomic E-state index is 11.3. The van der Waals surface area contributed by atoms with Crippen LogP contribution in [0.1, 0.15) is 44.2 Å². The third-order valence-corrected chi connectivity index (χ3v) is 1.61. The number of carbonyl (C=O) groups excluding carboxylic acids is 1. The average Bonchev–Trinajstić information content (AvgIpc) is 2.51. The zero-order valence-corrected chi connectivity index (χ0v) is 8.92. The van der Waals surface area contributed by atoms with Gasteiger partial charge in [-0.3, -0.25) is 4.79 Å². The largest absolute Gasteiger partial charge is 0.349 e. The van der Waals surface area contributed by atoms with E-state index in [1.54, 1.807) is 0 Å². The minimum absolute atomic E-state index is 0.0942. The summed E-state index contributed by atoms with van der Waals surface area (Å²) in [6, 6.07) is 0. The fourth-order valence-electron chi connectivity index (χ4n) is 0.860. The summed E-state index contributed by atoms with van der Waals surface area (Å²) in [5, 5.41) is 6.21. The van der Waals surface area contributed by atoms with Crippen LogP contribution in [0.5, 0.6) is 0 Å². The van der Waals surface area contributed by atoms with E-state index in [4.69, 9.17) is 4.52 Å². The number of nitrogens with one attached hydrogen (secondary N) is 1. The molecule has 0 unspecified atom stereocenters. The number of hydrogen-bond acceptors (Lipinski definition) is 4. The third kappa shape index (κ3) is 2.31. The molecule has 1 N–H and O–H groups in total. The lowest BCUT2D eigenvalue weighted by molar-refractivity contribution is 0.0942. The van der Waals surface area contributed by atoms with E-state index in [0.29, 0.717) is 12.4 Å².